The van der Waals surface area contributed by atoms with Crippen LogP contribution < -0.4 is 29.1 Å². The Morgan fingerprint density at radius 1 is 1.00 bits per heavy atom. The zero-order chi connectivity index (χ0) is 31.2. The van der Waals surface area contributed by atoms with Gasteiger partial charge in [0.05, 0.1) is 36.6 Å². The fraction of sp³-hybridized carbons (Fsp3) is 0.265. The van der Waals surface area contributed by atoms with Crippen LogP contribution in [-0.2, 0) is 16.1 Å². The van der Waals surface area contributed by atoms with Crippen molar-refractivity contribution in [2.75, 3.05) is 20.8 Å². The van der Waals surface area contributed by atoms with Gasteiger partial charge in [0, 0.05) is 10.0 Å². The maximum absolute atomic E-state index is 14.1. The van der Waals surface area contributed by atoms with E-state index >= 15 is 0 Å². The number of nitrogens with zero attached hydrogens (tertiary/aromatic N) is 2. The number of halogens is 1. The number of fused-ring (bicyclic) bond motifs is 1. The van der Waals surface area contributed by atoms with E-state index < -0.39 is 12.0 Å². The van der Waals surface area contributed by atoms with Crippen LogP contribution in [0, 0.1) is 0 Å². The molecule has 0 spiro atoms. The van der Waals surface area contributed by atoms with Crippen LogP contribution in [0.2, 0.25) is 0 Å². The van der Waals surface area contributed by atoms with E-state index in [-0.39, 0.29) is 12.2 Å². The normalized spacial score (nSPS) is 14.6. The zero-order valence-electron chi connectivity index (χ0n) is 25.0. The minimum absolute atomic E-state index is 0.203. The molecule has 0 amide bonds. The molecule has 0 bridgehead atoms. The molecule has 0 N–H and O–H groups in total. The number of hydrogen-bond acceptors (Lipinski definition) is 8. The second-order valence-corrected chi connectivity index (χ2v) is 11.9. The molecule has 44 heavy (non-hydrogen) atoms. The van der Waals surface area contributed by atoms with Crippen LogP contribution in [0.1, 0.15) is 49.4 Å². The van der Waals surface area contributed by atoms with Crippen molar-refractivity contribution in [1.29, 1.82) is 0 Å². The van der Waals surface area contributed by atoms with Crippen molar-refractivity contribution in [2.45, 2.75) is 39.3 Å². The first-order valence-corrected chi connectivity index (χ1v) is 15.9. The van der Waals surface area contributed by atoms with Crippen molar-refractivity contribution in [2.24, 2.45) is 4.99 Å². The van der Waals surface area contributed by atoms with Crippen LogP contribution >= 0.6 is 27.3 Å². The van der Waals surface area contributed by atoms with Gasteiger partial charge in [-0.15, -0.1) is 0 Å². The molecule has 0 radical (unpaired) electrons. The highest BCUT2D eigenvalue weighted by Crippen LogP contribution is 2.38. The van der Waals surface area contributed by atoms with Crippen molar-refractivity contribution in [3.8, 4) is 17.2 Å². The van der Waals surface area contributed by atoms with Gasteiger partial charge < -0.3 is 18.9 Å². The Hall–Kier alpha value is -4.15. The second kappa shape index (κ2) is 14.1. The Morgan fingerprint density at radius 3 is 2.39 bits per heavy atom. The molecule has 1 aromatic heterocycles. The molecule has 0 fully saturated rings. The van der Waals surface area contributed by atoms with Crippen LogP contribution in [0.5, 0.6) is 17.2 Å². The summed E-state index contributed by atoms with van der Waals surface area (Å²) in [7, 11) is 3.21. The van der Waals surface area contributed by atoms with Crippen LogP contribution in [0.3, 0.4) is 0 Å². The van der Waals surface area contributed by atoms with E-state index in [0.717, 1.165) is 27.8 Å². The van der Waals surface area contributed by atoms with Crippen LogP contribution in [-0.4, -0.2) is 31.4 Å². The van der Waals surface area contributed by atoms with Gasteiger partial charge in [0.2, 0.25) is 0 Å². The lowest BCUT2D eigenvalue weighted by molar-refractivity contribution is -0.139. The lowest BCUT2D eigenvalue weighted by Crippen LogP contribution is -2.40. The van der Waals surface area contributed by atoms with Crippen molar-refractivity contribution >= 4 is 39.3 Å². The van der Waals surface area contributed by atoms with Crippen molar-refractivity contribution in [1.82, 2.24) is 4.57 Å². The number of esters is 1. The van der Waals surface area contributed by atoms with Gasteiger partial charge in [0.25, 0.3) is 5.56 Å². The maximum Gasteiger partial charge on any atom is 0.338 e. The van der Waals surface area contributed by atoms with E-state index in [0.29, 0.717) is 50.7 Å². The molecule has 0 unspecified atom stereocenters. The summed E-state index contributed by atoms with van der Waals surface area (Å²) in [5.41, 5.74) is 3.24. The van der Waals surface area contributed by atoms with Gasteiger partial charge in [-0.1, -0.05) is 64.9 Å². The Balaban J connectivity index is 1.54. The molecule has 228 valence electrons. The highest BCUT2D eigenvalue weighted by Gasteiger charge is 2.36. The number of aromatic nitrogens is 1. The summed E-state index contributed by atoms with van der Waals surface area (Å²) in [6.45, 7) is 4.41. The van der Waals surface area contributed by atoms with Crippen LogP contribution in [0.15, 0.2) is 92.3 Å². The average molecular weight is 678 g/mol. The molecule has 1 aliphatic heterocycles. The van der Waals surface area contributed by atoms with Gasteiger partial charge in [0.1, 0.15) is 29.9 Å². The maximum atomic E-state index is 14.1. The number of methoxy groups -OCH3 is 2. The third kappa shape index (κ3) is 6.66. The lowest BCUT2D eigenvalue weighted by atomic mass is 9.93. The van der Waals surface area contributed by atoms with Crippen LogP contribution in [0.4, 0.5) is 0 Å². The predicted octanol–water partition coefficient (Wildman–Crippen LogP) is 5.94. The molecule has 4 aromatic rings. The Kier molecular flexibility index (Phi) is 10.0. The van der Waals surface area contributed by atoms with Gasteiger partial charge in [-0.2, -0.15) is 0 Å². The van der Waals surface area contributed by atoms with E-state index in [2.05, 4.69) is 15.9 Å². The Labute approximate surface area is 268 Å². The first-order chi connectivity index (χ1) is 21.4. The summed E-state index contributed by atoms with van der Waals surface area (Å²) in [6.07, 6.45) is 3.16. The van der Waals surface area contributed by atoms with E-state index in [1.165, 1.54) is 11.3 Å². The number of thiazole rings is 1. The van der Waals surface area contributed by atoms with Crippen molar-refractivity contribution in [3.05, 3.63) is 119 Å². The smallest absolute Gasteiger partial charge is 0.338 e. The Bertz CT molecular complexity index is 1860. The molecule has 3 aromatic carbocycles. The lowest BCUT2D eigenvalue weighted by Gasteiger charge is -2.27. The molecule has 8 nitrogen and oxygen atoms in total. The summed E-state index contributed by atoms with van der Waals surface area (Å²) in [5, 5.41) is 0. The third-order valence-corrected chi connectivity index (χ3v) is 8.60. The van der Waals surface area contributed by atoms with Crippen molar-refractivity contribution in [3.63, 3.8) is 0 Å². The largest absolute Gasteiger partial charge is 0.497 e. The summed E-state index contributed by atoms with van der Waals surface area (Å²) in [6, 6.07) is 20.1. The SMILES string of the molecule is CCCC1=C(C(=O)OCC)[C@@H](c2cc(Br)ccc2OC)n2c(s/c(=C/c3ccc(OCc4ccc(OC)cc4)cc3)c2=O)=N1. The molecule has 5 rings (SSSR count). The summed E-state index contributed by atoms with van der Waals surface area (Å²) in [4.78, 5) is 32.9. The molecule has 0 saturated heterocycles. The number of benzene rings is 3. The standard InChI is InChI=1S/C34H33BrN2O6S/c1-5-7-27-30(33(39)42-6-2)31(26-19-23(35)12-17-28(26)41-4)37-32(38)29(44-34(37)36-27)18-21-8-15-25(16-9-21)43-20-22-10-13-24(40-3)14-11-22/h8-19,31H,5-7,20H2,1-4H3/b29-18+/t31-/m1/s1. The summed E-state index contributed by atoms with van der Waals surface area (Å²) in [5.74, 6) is 1.57. The highest BCUT2D eigenvalue weighted by atomic mass is 79.9. The number of rotatable bonds is 11. The summed E-state index contributed by atoms with van der Waals surface area (Å²) >= 11 is 4.84. The summed E-state index contributed by atoms with van der Waals surface area (Å²) < 4.78 is 25.2. The van der Waals surface area contributed by atoms with E-state index in [9.17, 15) is 9.59 Å². The van der Waals surface area contributed by atoms with Gasteiger partial charge in [-0.3, -0.25) is 9.36 Å². The first-order valence-electron chi connectivity index (χ1n) is 14.3. The van der Waals surface area contributed by atoms with E-state index in [1.54, 1.807) is 25.7 Å². The van der Waals surface area contributed by atoms with Crippen molar-refractivity contribution < 1.29 is 23.7 Å². The molecule has 2 heterocycles. The van der Waals surface area contributed by atoms with Gasteiger partial charge in [-0.05, 0) is 73.0 Å². The van der Waals surface area contributed by atoms with E-state index in [4.69, 9.17) is 23.9 Å². The monoisotopic (exact) mass is 676 g/mol. The molecular weight excluding hydrogens is 644 g/mol. The predicted molar refractivity (Wildman–Crippen MR) is 174 cm³/mol. The molecule has 1 aliphatic rings. The van der Waals surface area contributed by atoms with Gasteiger partial charge in [-0.25, -0.2) is 9.79 Å². The molecule has 0 aliphatic carbocycles. The zero-order valence-corrected chi connectivity index (χ0v) is 27.4. The fourth-order valence-corrected chi connectivity index (χ4v) is 6.43. The minimum atomic E-state index is -0.768. The fourth-order valence-electron chi connectivity index (χ4n) is 5.03. The average Bonchev–Trinajstić information content (AvgIpc) is 3.34. The number of allylic oxidation sites excluding steroid dienone is 1. The van der Waals surface area contributed by atoms with Crippen LogP contribution in [0.25, 0.3) is 6.08 Å². The quantitative estimate of drug-likeness (QED) is 0.183. The second-order valence-electron chi connectivity index (χ2n) is 10.0. The first kappa shape index (κ1) is 31.3. The molecule has 0 saturated carbocycles. The number of carbonyl (C=O) groups is 1. The van der Waals surface area contributed by atoms with Gasteiger partial charge >= 0.3 is 5.97 Å². The van der Waals surface area contributed by atoms with E-state index in [1.807, 2.05) is 79.7 Å². The number of ether oxygens (including phenoxy) is 4. The Morgan fingerprint density at radius 2 is 1.73 bits per heavy atom. The molecule has 10 heteroatoms. The number of hydrogen-bond donors (Lipinski definition) is 0. The molecular formula is C34H33BrN2O6S. The highest BCUT2D eigenvalue weighted by molar-refractivity contribution is 9.10. The third-order valence-electron chi connectivity index (χ3n) is 7.12. The molecule has 1 atom stereocenters. The minimum Gasteiger partial charge on any atom is -0.497 e. The topological polar surface area (TPSA) is 88.4 Å². The number of carbonyl (C=O) groups excluding carboxylic acids is 1. The van der Waals surface area contributed by atoms with Gasteiger partial charge in [0.15, 0.2) is 4.80 Å².